The molecule has 2 rings (SSSR count). The van der Waals surface area contributed by atoms with Crippen molar-refractivity contribution < 1.29 is 4.74 Å². The molecule has 19 heavy (non-hydrogen) atoms. The number of nitrogens with one attached hydrogen (secondary N) is 1. The molecule has 1 heterocycles. The van der Waals surface area contributed by atoms with Crippen LogP contribution in [0, 0.1) is 6.92 Å². The number of aryl methyl sites for hydroxylation is 2. The van der Waals surface area contributed by atoms with Crippen LogP contribution in [0.4, 0.5) is 5.69 Å². The highest BCUT2D eigenvalue weighted by atomic mass is 16.5. The van der Waals surface area contributed by atoms with Crippen LogP contribution >= 0.6 is 0 Å². The van der Waals surface area contributed by atoms with E-state index in [0.717, 1.165) is 30.9 Å². The van der Waals surface area contributed by atoms with Gasteiger partial charge < -0.3 is 14.6 Å². The summed E-state index contributed by atoms with van der Waals surface area (Å²) in [7, 11) is 1.69. The maximum Gasteiger partial charge on any atom is 0.141 e. The predicted octanol–water partition coefficient (Wildman–Crippen LogP) is 3.22. The van der Waals surface area contributed by atoms with Gasteiger partial charge in [0, 0.05) is 12.7 Å². The van der Waals surface area contributed by atoms with Crippen molar-refractivity contribution in [2.24, 2.45) is 0 Å². The van der Waals surface area contributed by atoms with Gasteiger partial charge in [0.15, 0.2) is 0 Å². The minimum absolute atomic E-state index is 0.750. The van der Waals surface area contributed by atoms with E-state index in [9.17, 15) is 0 Å². The van der Waals surface area contributed by atoms with E-state index in [1.165, 1.54) is 11.3 Å². The topological polar surface area (TPSA) is 39.1 Å². The molecule has 1 aromatic heterocycles. The monoisotopic (exact) mass is 259 g/mol. The zero-order valence-electron chi connectivity index (χ0n) is 11.8. The highest BCUT2D eigenvalue weighted by Gasteiger charge is 2.05. The van der Waals surface area contributed by atoms with Gasteiger partial charge in [0.2, 0.25) is 0 Å². The number of anilines is 1. The molecule has 0 fully saturated rings. The summed E-state index contributed by atoms with van der Waals surface area (Å²) >= 11 is 0. The Morgan fingerprint density at radius 3 is 2.95 bits per heavy atom. The highest BCUT2D eigenvalue weighted by molar-refractivity contribution is 5.58. The van der Waals surface area contributed by atoms with Gasteiger partial charge in [-0.1, -0.05) is 13.0 Å². The van der Waals surface area contributed by atoms with E-state index < -0.39 is 0 Å². The van der Waals surface area contributed by atoms with Crippen molar-refractivity contribution in [3.05, 3.63) is 42.0 Å². The summed E-state index contributed by atoms with van der Waals surface area (Å²) in [5.41, 5.74) is 3.42. The molecule has 4 heteroatoms. The van der Waals surface area contributed by atoms with Gasteiger partial charge in [0.05, 0.1) is 31.4 Å². The van der Waals surface area contributed by atoms with Crippen LogP contribution in [-0.4, -0.2) is 16.7 Å². The van der Waals surface area contributed by atoms with Gasteiger partial charge in [0.25, 0.3) is 0 Å². The molecule has 2 aromatic rings. The van der Waals surface area contributed by atoms with E-state index in [4.69, 9.17) is 4.74 Å². The lowest BCUT2D eigenvalue weighted by atomic mass is 10.2. The summed E-state index contributed by atoms with van der Waals surface area (Å²) in [6.45, 7) is 5.99. The fourth-order valence-electron chi connectivity index (χ4n) is 2.08. The molecule has 102 valence electrons. The first-order chi connectivity index (χ1) is 9.24. The van der Waals surface area contributed by atoms with Crippen molar-refractivity contribution in [2.45, 2.75) is 33.4 Å². The second-order valence-electron chi connectivity index (χ2n) is 4.64. The van der Waals surface area contributed by atoms with Crippen LogP contribution in [-0.2, 0) is 13.1 Å². The summed E-state index contributed by atoms with van der Waals surface area (Å²) in [5, 5.41) is 3.42. The smallest absolute Gasteiger partial charge is 0.141 e. The van der Waals surface area contributed by atoms with Gasteiger partial charge in [0.1, 0.15) is 5.75 Å². The van der Waals surface area contributed by atoms with Crippen LogP contribution in [0.3, 0.4) is 0 Å². The quantitative estimate of drug-likeness (QED) is 0.865. The third-order valence-electron chi connectivity index (χ3n) is 3.08. The molecule has 0 aliphatic heterocycles. The first-order valence-corrected chi connectivity index (χ1v) is 6.62. The lowest BCUT2D eigenvalue weighted by Gasteiger charge is -2.13. The third kappa shape index (κ3) is 3.28. The predicted molar refractivity (Wildman–Crippen MR) is 77.6 cm³/mol. The molecule has 0 saturated carbocycles. The molecule has 0 aliphatic carbocycles. The molecule has 0 spiro atoms. The molecular weight excluding hydrogens is 238 g/mol. The first-order valence-electron chi connectivity index (χ1n) is 6.62. The molecule has 0 unspecified atom stereocenters. The first kappa shape index (κ1) is 13.5. The second-order valence-corrected chi connectivity index (χ2v) is 4.64. The van der Waals surface area contributed by atoms with Crippen LogP contribution < -0.4 is 10.1 Å². The summed E-state index contributed by atoms with van der Waals surface area (Å²) in [5.74, 6) is 0.868. The molecule has 0 radical (unpaired) electrons. The van der Waals surface area contributed by atoms with E-state index in [1.54, 1.807) is 7.11 Å². The standard InChI is InChI=1S/C15H21N3O/c1-4-7-18-11-16-9-13(18)10-17-14-8-12(2)5-6-15(14)19-3/h5-6,8-9,11,17H,4,7,10H2,1-3H3. The molecule has 0 amide bonds. The molecule has 4 nitrogen and oxygen atoms in total. The minimum atomic E-state index is 0.750. The Morgan fingerprint density at radius 2 is 2.21 bits per heavy atom. The number of hydrogen-bond donors (Lipinski definition) is 1. The second kappa shape index (κ2) is 6.27. The average Bonchev–Trinajstić information content (AvgIpc) is 2.84. The zero-order valence-corrected chi connectivity index (χ0v) is 11.8. The molecule has 0 saturated heterocycles. The number of rotatable bonds is 6. The van der Waals surface area contributed by atoms with Crippen molar-refractivity contribution in [3.8, 4) is 5.75 Å². The zero-order chi connectivity index (χ0) is 13.7. The minimum Gasteiger partial charge on any atom is -0.495 e. The lowest BCUT2D eigenvalue weighted by molar-refractivity contribution is 0.416. The SMILES string of the molecule is CCCn1cncc1CNc1cc(C)ccc1OC. The molecular formula is C15H21N3O. The molecule has 1 aromatic carbocycles. The normalized spacial score (nSPS) is 10.5. The average molecular weight is 259 g/mol. The molecule has 0 bridgehead atoms. The van der Waals surface area contributed by atoms with E-state index in [0.29, 0.717) is 0 Å². The van der Waals surface area contributed by atoms with Gasteiger partial charge in [-0.15, -0.1) is 0 Å². The number of ether oxygens (including phenoxy) is 1. The van der Waals surface area contributed by atoms with Gasteiger partial charge in [-0.05, 0) is 31.0 Å². The number of aromatic nitrogens is 2. The van der Waals surface area contributed by atoms with Gasteiger partial charge >= 0.3 is 0 Å². The van der Waals surface area contributed by atoms with E-state index in [1.807, 2.05) is 24.7 Å². The Kier molecular flexibility index (Phi) is 4.44. The van der Waals surface area contributed by atoms with Crippen molar-refractivity contribution in [2.75, 3.05) is 12.4 Å². The van der Waals surface area contributed by atoms with E-state index in [2.05, 4.69) is 34.8 Å². The number of benzene rings is 1. The summed E-state index contributed by atoms with van der Waals surface area (Å²) in [6, 6.07) is 6.13. The number of imidazole rings is 1. The Labute approximate surface area is 114 Å². The van der Waals surface area contributed by atoms with Crippen molar-refractivity contribution in [1.29, 1.82) is 0 Å². The van der Waals surface area contributed by atoms with E-state index in [-0.39, 0.29) is 0 Å². The number of hydrogen-bond acceptors (Lipinski definition) is 3. The third-order valence-corrected chi connectivity index (χ3v) is 3.08. The van der Waals surface area contributed by atoms with Crippen LogP contribution in [0.2, 0.25) is 0 Å². The maximum absolute atomic E-state index is 5.36. The largest absolute Gasteiger partial charge is 0.495 e. The van der Waals surface area contributed by atoms with Crippen LogP contribution in [0.1, 0.15) is 24.6 Å². The number of methoxy groups -OCH3 is 1. The van der Waals surface area contributed by atoms with Gasteiger partial charge in [-0.3, -0.25) is 0 Å². The van der Waals surface area contributed by atoms with Crippen LogP contribution in [0.5, 0.6) is 5.75 Å². The summed E-state index contributed by atoms with van der Waals surface area (Å²) < 4.78 is 7.54. The Hall–Kier alpha value is -1.97. The fraction of sp³-hybridized carbons (Fsp3) is 0.400. The Morgan fingerprint density at radius 1 is 1.37 bits per heavy atom. The number of nitrogens with zero attached hydrogens (tertiary/aromatic N) is 2. The van der Waals surface area contributed by atoms with Crippen molar-refractivity contribution in [3.63, 3.8) is 0 Å². The molecule has 0 aliphatic rings. The Balaban J connectivity index is 2.09. The van der Waals surface area contributed by atoms with Crippen molar-refractivity contribution >= 4 is 5.69 Å². The molecule has 0 atom stereocenters. The van der Waals surface area contributed by atoms with Gasteiger partial charge in [-0.25, -0.2) is 4.98 Å². The summed E-state index contributed by atoms with van der Waals surface area (Å²) in [4.78, 5) is 4.20. The van der Waals surface area contributed by atoms with Crippen LogP contribution in [0.25, 0.3) is 0 Å². The van der Waals surface area contributed by atoms with Crippen LogP contribution in [0.15, 0.2) is 30.7 Å². The summed E-state index contributed by atoms with van der Waals surface area (Å²) in [6.07, 6.45) is 4.90. The fourth-order valence-corrected chi connectivity index (χ4v) is 2.08. The lowest BCUT2D eigenvalue weighted by Crippen LogP contribution is -2.07. The Bertz CT molecular complexity index is 534. The maximum atomic E-state index is 5.36. The van der Waals surface area contributed by atoms with Crippen molar-refractivity contribution in [1.82, 2.24) is 9.55 Å². The highest BCUT2D eigenvalue weighted by Crippen LogP contribution is 2.25. The van der Waals surface area contributed by atoms with E-state index >= 15 is 0 Å². The van der Waals surface area contributed by atoms with Gasteiger partial charge in [-0.2, -0.15) is 0 Å². The molecule has 1 N–H and O–H groups in total.